The third-order valence-electron chi connectivity index (χ3n) is 4.25. The first kappa shape index (κ1) is 17.9. The zero-order chi connectivity index (χ0) is 18.4. The molecule has 0 saturated carbocycles. The molecule has 2 aromatic carbocycles. The van der Waals surface area contributed by atoms with E-state index in [1.54, 1.807) is 19.1 Å². The van der Waals surface area contributed by atoms with Gasteiger partial charge in [-0.2, -0.15) is 0 Å². The number of benzene rings is 2. The van der Waals surface area contributed by atoms with Crippen LogP contribution in [0.25, 0.3) is 22.6 Å². The van der Waals surface area contributed by atoms with Crippen molar-refractivity contribution in [2.75, 3.05) is 6.61 Å². The van der Waals surface area contributed by atoms with Gasteiger partial charge in [-0.3, -0.25) is 4.79 Å². The molecule has 0 spiro atoms. The molecule has 0 radical (unpaired) electrons. The summed E-state index contributed by atoms with van der Waals surface area (Å²) in [5.74, 6) is 1.59. The highest BCUT2D eigenvalue weighted by Crippen LogP contribution is 2.27. The normalized spacial score (nSPS) is 10.7. The second-order valence-electron chi connectivity index (χ2n) is 6.29. The third-order valence-corrected chi connectivity index (χ3v) is 4.25. The molecular formula is C22H23NO3. The number of carbonyl (C=O) groups excluding carboxylic acids is 1. The van der Waals surface area contributed by atoms with Gasteiger partial charge in [0.2, 0.25) is 0 Å². The summed E-state index contributed by atoms with van der Waals surface area (Å²) >= 11 is 0. The van der Waals surface area contributed by atoms with Gasteiger partial charge in [0.15, 0.2) is 11.5 Å². The Labute approximate surface area is 153 Å². The predicted molar refractivity (Wildman–Crippen MR) is 102 cm³/mol. The molecule has 3 aromatic rings. The van der Waals surface area contributed by atoms with Gasteiger partial charge in [-0.05, 0) is 37.6 Å². The Morgan fingerprint density at radius 2 is 1.69 bits per heavy atom. The lowest BCUT2D eigenvalue weighted by molar-refractivity contribution is 0.101. The number of nitrogens with zero attached hydrogens (tertiary/aromatic N) is 1. The number of hydrogen-bond donors (Lipinski definition) is 0. The highest BCUT2D eigenvalue weighted by atomic mass is 16.5. The van der Waals surface area contributed by atoms with E-state index >= 15 is 0 Å². The number of aromatic nitrogens is 1. The average molecular weight is 349 g/mol. The predicted octanol–water partition coefficient (Wildman–Crippen LogP) is 5.78. The smallest absolute Gasteiger partial charge is 0.167 e. The van der Waals surface area contributed by atoms with Gasteiger partial charge in [-0.15, -0.1) is 0 Å². The van der Waals surface area contributed by atoms with Crippen molar-refractivity contribution >= 4 is 5.78 Å². The van der Waals surface area contributed by atoms with Gasteiger partial charge in [-0.25, -0.2) is 0 Å². The van der Waals surface area contributed by atoms with Gasteiger partial charge in [0.25, 0.3) is 0 Å². The number of unbranched alkanes of at least 4 members (excludes halogenated alkanes) is 2. The monoisotopic (exact) mass is 349 g/mol. The largest absolute Gasteiger partial charge is 0.494 e. The zero-order valence-corrected chi connectivity index (χ0v) is 15.2. The summed E-state index contributed by atoms with van der Waals surface area (Å²) < 4.78 is 11.2. The van der Waals surface area contributed by atoms with Crippen molar-refractivity contribution < 1.29 is 14.1 Å². The maximum absolute atomic E-state index is 11.4. The molecule has 4 nitrogen and oxygen atoms in total. The molecular weight excluding hydrogens is 326 g/mol. The second kappa shape index (κ2) is 8.48. The van der Waals surface area contributed by atoms with Crippen LogP contribution in [-0.4, -0.2) is 17.5 Å². The number of Topliss-reactive ketones (excluding diaryl/α,β-unsaturated/α-hetero) is 1. The minimum atomic E-state index is 0.0480. The second-order valence-corrected chi connectivity index (χ2v) is 6.29. The van der Waals surface area contributed by atoms with Crippen LogP contribution in [0.15, 0.2) is 59.1 Å². The summed E-state index contributed by atoms with van der Waals surface area (Å²) in [5.41, 5.74) is 3.32. The van der Waals surface area contributed by atoms with Gasteiger partial charge < -0.3 is 9.26 Å². The van der Waals surface area contributed by atoms with Crippen LogP contribution >= 0.6 is 0 Å². The van der Waals surface area contributed by atoms with E-state index in [1.807, 2.05) is 42.5 Å². The summed E-state index contributed by atoms with van der Waals surface area (Å²) in [5, 5.41) is 4.15. The van der Waals surface area contributed by atoms with Gasteiger partial charge in [0.05, 0.1) is 6.61 Å². The van der Waals surface area contributed by atoms with Crippen LogP contribution in [0.5, 0.6) is 5.75 Å². The molecule has 1 aromatic heterocycles. The van der Waals surface area contributed by atoms with E-state index < -0.39 is 0 Å². The number of rotatable bonds is 8. The van der Waals surface area contributed by atoms with E-state index in [0.717, 1.165) is 35.6 Å². The van der Waals surface area contributed by atoms with Crippen molar-refractivity contribution in [1.29, 1.82) is 0 Å². The van der Waals surface area contributed by atoms with Crippen molar-refractivity contribution in [3.05, 3.63) is 60.2 Å². The molecule has 0 amide bonds. The molecule has 0 bridgehead atoms. The summed E-state index contributed by atoms with van der Waals surface area (Å²) in [6.07, 6.45) is 3.45. The fourth-order valence-corrected chi connectivity index (χ4v) is 2.68. The lowest BCUT2D eigenvalue weighted by Crippen LogP contribution is -1.96. The molecule has 0 atom stereocenters. The molecule has 3 rings (SSSR count). The van der Waals surface area contributed by atoms with Crippen molar-refractivity contribution in [3.8, 4) is 28.3 Å². The standard InChI is InChI=1S/C22H23NO3/c1-3-4-5-14-25-20-12-10-18(11-13-20)21-15-22(26-23-21)19-8-6-17(7-9-19)16(2)24/h6-13,15H,3-5,14H2,1-2H3. The number of ether oxygens (including phenoxy) is 1. The Morgan fingerprint density at radius 1 is 1.00 bits per heavy atom. The fourth-order valence-electron chi connectivity index (χ4n) is 2.68. The SMILES string of the molecule is CCCCCOc1ccc(-c2cc(-c3ccc(C(C)=O)cc3)on2)cc1. The number of hydrogen-bond acceptors (Lipinski definition) is 4. The minimum absolute atomic E-state index is 0.0480. The van der Waals surface area contributed by atoms with E-state index in [-0.39, 0.29) is 5.78 Å². The summed E-state index contributed by atoms with van der Waals surface area (Å²) in [4.78, 5) is 11.4. The molecule has 134 valence electrons. The van der Waals surface area contributed by atoms with Gasteiger partial charge >= 0.3 is 0 Å². The first-order valence-electron chi connectivity index (χ1n) is 8.98. The van der Waals surface area contributed by atoms with Crippen molar-refractivity contribution in [3.63, 3.8) is 0 Å². The van der Waals surface area contributed by atoms with Gasteiger partial charge in [-0.1, -0.05) is 49.2 Å². The van der Waals surface area contributed by atoms with Crippen molar-refractivity contribution in [2.24, 2.45) is 0 Å². The maximum atomic E-state index is 11.4. The molecule has 0 aliphatic carbocycles. The Hall–Kier alpha value is -2.88. The van der Waals surface area contributed by atoms with Crippen LogP contribution in [-0.2, 0) is 0 Å². The van der Waals surface area contributed by atoms with Gasteiger partial charge in [0, 0.05) is 22.8 Å². The first-order valence-corrected chi connectivity index (χ1v) is 8.98. The number of carbonyl (C=O) groups is 1. The molecule has 0 saturated heterocycles. The Kier molecular flexibility index (Phi) is 5.84. The quantitative estimate of drug-likeness (QED) is 0.382. The Morgan fingerprint density at radius 3 is 2.35 bits per heavy atom. The van der Waals surface area contributed by atoms with E-state index in [0.29, 0.717) is 11.3 Å². The van der Waals surface area contributed by atoms with Crippen LogP contribution in [0.1, 0.15) is 43.5 Å². The zero-order valence-electron chi connectivity index (χ0n) is 15.2. The molecule has 0 aliphatic heterocycles. The van der Waals surface area contributed by atoms with E-state index in [9.17, 15) is 4.79 Å². The lowest BCUT2D eigenvalue weighted by Gasteiger charge is -2.05. The van der Waals surface area contributed by atoms with Crippen LogP contribution in [0, 0.1) is 0 Å². The maximum Gasteiger partial charge on any atom is 0.167 e. The van der Waals surface area contributed by atoms with Gasteiger partial charge in [0.1, 0.15) is 11.4 Å². The molecule has 0 unspecified atom stereocenters. The molecule has 0 N–H and O–H groups in total. The first-order chi connectivity index (χ1) is 12.7. The lowest BCUT2D eigenvalue weighted by atomic mass is 10.1. The Bertz CT molecular complexity index is 848. The Balaban J connectivity index is 1.68. The molecule has 0 aliphatic rings. The topological polar surface area (TPSA) is 52.3 Å². The van der Waals surface area contributed by atoms with Crippen molar-refractivity contribution in [1.82, 2.24) is 5.16 Å². The van der Waals surface area contributed by atoms with E-state index in [1.165, 1.54) is 12.8 Å². The molecule has 26 heavy (non-hydrogen) atoms. The van der Waals surface area contributed by atoms with Crippen LogP contribution in [0.2, 0.25) is 0 Å². The summed E-state index contributed by atoms with van der Waals surface area (Å²) in [6, 6.07) is 17.1. The van der Waals surface area contributed by atoms with E-state index in [4.69, 9.17) is 9.26 Å². The highest BCUT2D eigenvalue weighted by Gasteiger charge is 2.09. The third kappa shape index (κ3) is 4.39. The molecule has 4 heteroatoms. The van der Waals surface area contributed by atoms with E-state index in [2.05, 4.69) is 12.1 Å². The average Bonchev–Trinajstić information content (AvgIpc) is 3.16. The summed E-state index contributed by atoms with van der Waals surface area (Å²) in [7, 11) is 0. The van der Waals surface area contributed by atoms with Crippen molar-refractivity contribution in [2.45, 2.75) is 33.1 Å². The fraction of sp³-hybridized carbons (Fsp3) is 0.273. The molecule has 0 fully saturated rings. The number of ketones is 1. The molecule has 1 heterocycles. The summed E-state index contributed by atoms with van der Waals surface area (Å²) in [6.45, 7) is 4.48. The van der Waals surface area contributed by atoms with Crippen LogP contribution < -0.4 is 4.74 Å². The van der Waals surface area contributed by atoms with Crippen LogP contribution in [0.3, 0.4) is 0 Å². The highest BCUT2D eigenvalue weighted by molar-refractivity contribution is 5.94. The van der Waals surface area contributed by atoms with Crippen LogP contribution in [0.4, 0.5) is 0 Å². The minimum Gasteiger partial charge on any atom is -0.494 e.